The van der Waals surface area contributed by atoms with Gasteiger partial charge < -0.3 is 9.16 Å². The number of benzene rings is 1. The maximum absolute atomic E-state index is 12.1. The molecule has 1 aromatic carbocycles. The first kappa shape index (κ1) is 21.5. The van der Waals surface area contributed by atoms with Gasteiger partial charge in [-0.15, -0.1) is 6.42 Å². The van der Waals surface area contributed by atoms with Crippen LogP contribution in [-0.4, -0.2) is 27.0 Å². The van der Waals surface area contributed by atoms with Crippen LogP contribution in [0.25, 0.3) is 0 Å². The molecule has 0 radical (unpaired) electrons. The molecule has 0 aliphatic carbocycles. The van der Waals surface area contributed by atoms with Crippen molar-refractivity contribution in [2.75, 3.05) is 6.61 Å². The molecular weight excluding hydrogens is 328 g/mol. The largest absolute Gasteiger partial charge is 0.445 e. The molecule has 0 bridgehead atoms. The molecular formula is C21H32O3Si. The number of carbonyl (C=O) groups excluding carboxylic acids is 1. The lowest BCUT2D eigenvalue weighted by atomic mass is 10.2. The summed E-state index contributed by atoms with van der Waals surface area (Å²) in [6.07, 6.45) is 5.52. The van der Waals surface area contributed by atoms with Crippen molar-refractivity contribution in [2.45, 2.75) is 70.7 Å². The van der Waals surface area contributed by atoms with Gasteiger partial charge in [-0.2, -0.15) is 0 Å². The first-order chi connectivity index (χ1) is 11.8. The number of hydrogen-bond acceptors (Lipinski definition) is 3. The molecule has 1 rings (SSSR count). The van der Waals surface area contributed by atoms with Gasteiger partial charge in [0.15, 0.2) is 14.4 Å². The Balaban J connectivity index is 2.68. The third kappa shape index (κ3) is 5.45. The summed E-state index contributed by atoms with van der Waals surface area (Å²) in [6.45, 7) is 14.0. The van der Waals surface area contributed by atoms with Crippen LogP contribution in [-0.2, 0) is 9.16 Å². The third-order valence-electron chi connectivity index (χ3n) is 4.88. The van der Waals surface area contributed by atoms with E-state index in [1.807, 2.05) is 6.07 Å². The second-order valence-corrected chi connectivity index (χ2v) is 12.8. The highest BCUT2D eigenvalue weighted by molar-refractivity contribution is 6.77. The molecule has 3 nitrogen and oxygen atoms in total. The minimum atomic E-state index is -1.92. The van der Waals surface area contributed by atoms with Crippen molar-refractivity contribution in [1.82, 2.24) is 0 Å². The Bertz CT molecular complexity index is 551. The van der Waals surface area contributed by atoms with Gasteiger partial charge in [-0.05, 0) is 28.8 Å². The van der Waals surface area contributed by atoms with Crippen molar-refractivity contribution in [3.63, 3.8) is 0 Å². The summed E-state index contributed by atoms with van der Waals surface area (Å²) in [5.41, 5.74) is 2.06. The van der Waals surface area contributed by atoms with E-state index in [-0.39, 0.29) is 5.97 Å². The maximum Gasteiger partial charge on any atom is 0.339 e. The van der Waals surface area contributed by atoms with Crippen LogP contribution in [0.4, 0.5) is 0 Å². The lowest BCUT2D eigenvalue weighted by Crippen LogP contribution is -2.48. The van der Waals surface area contributed by atoms with Gasteiger partial charge in [0.05, 0.1) is 5.56 Å². The van der Waals surface area contributed by atoms with E-state index in [1.165, 1.54) is 0 Å². The van der Waals surface area contributed by atoms with Gasteiger partial charge in [-0.3, -0.25) is 0 Å². The van der Waals surface area contributed by atoms with Gasteiger partial charge in [0.25, 0.3) is 0 Å². The van der Waals surface area contributed by atoms with Gasteiger partial charge in [0, 0.05) is 13.0 Å². The Morgan fingerprint density at radius 2 is 1.56 bits per heavy atom. The lowest BCUT2D eigenvalue weighted by Gasteiger charge is -2.42. The molecule has 0 aliphatic rings. The molecule has 0 spiro atoms. The van der Waals surface area contributed by atoms with Gasteiger partial charge >= 0.3 is 5.97 Å². The Hall–Kier alpha value is -1.57. The van der Waals surface area contributed by atoms with Crippen molar-refractivity contribution >= 4 is 14.3 Å². The Morgan fingerprint density at radius 3 is 2.00 bits per heavy atom. The molecule has 0 saturated carbocycles. The highest BCUT2D eigenvalue weighted by atomic mass is 28.4. The molecule has 0 N–H and O–H groups in total. The SMILES string of the molecule is C#C[C@H](CCO[Si](C(C)C)(C(C)C)C(C)C)OC(=O)c1ccccc1. The van der Waals surface area contributed by atoms with Crippen LogP contribution in [0.15, 0.2) is 30.3 Å². The van der Waals surface area contributed by atoms with E-state index in [0.717, 1.165) is 0 Å². The topological polar surface area (TPSA) is 35.5 Å². The molecule has 0 amide bonds. The fraction of sp³-hybridized carbons (Fsp3) is 0.571. The second kappa shape index (κ2) is 9.79. The zero-order valence-electron chi connectivity index (χ0n) is 16.4. The highest BCUT2D eigenvalue weighted by Crippen LogP contribution is 2.42. The summed E-state index contributed by atoms with van der Waals surface area (Å²) >= 11 is 0. The smallest absolute Gasteiger partial charge is 0.339 e. The first-order valence-corrected chi connectivity index (χ1v) is 11.3. The molecule has 0 saturated heterocycles. The molecule has 1 atom stereocenters. The van der Waals surface area contributed by atoms with E-state index in [9.17, 15) is 4.79 Å². The van der Waals surface area contributed by atoms with Crippen molar-refractivity contribution in [3.05, 3.63) is 35.9 Å². The molecule has 0 fully saturated rings. The monoisotopic (exact) mass is 360 g/mol. The van der Waals surface area contributed by atoms with Crippen molar-refractivity contribution in [3.8, 4) is 12.3 Å². The van der Waals surface area contributed by atoms with Crippen molar-refractivity contribution in [1.29, 1.82) is 0 Å². The summed E-state index contributed by atoms with van der Waals surface area (Å²) in [5.74, 6) is 2.18. The molecule has 0 unspecified atom stereocenters. The third-order valence-corrected chi connectivity index (χ3v) is 11.0. The molecule has 4 heteroatoms. The quantitative estimate of drug-likeness (QED) is 0.335. The standard InChI is InChI=1S/C21H32O3Si/c1-8-20(24-21(22)19-12-10-9-11-13-19)14-15-23-25(16(2)3,17(4)5)18(6)7/h1,9-13,16-18,20H,14-15H2,2-7H3/t20-/m1/s1. The van der Waals surface area contributed by atoms with E-state index < -0.39 is 14.4 Å². The average molecular weight is 361 g/mol. The van der Waals surface area contributed by atoms with E-state index in [1.54, 1.807) is 24.3 Å². The van der Waals surface area contributed by atoms with Crippen LogP contribution in [0.2, 0.25) is 16.6 Å². The van der Waals surface area contributed by atoms with Crippen molar-refractivity contribution < 1.29 is 14.0 Å². The number of terminal acetylenes is 1. The maximum atomic E-state index is 12.1. The lowest BCUT2D eigenvalue weighted by molar-refractivity contribution is 0.0371. The number of ether oxygens (including phenoxy) is 1. The number of esters is 1. The van der Waals surface area contributed by atoms with E-state index in [0.29, 0.717) is 35.2 Å². The van der Waals surface area contributed by atoms with Gasteiger partial charge in [0.2, 0.25) is 0 Å². The average Bonchev–Trinajstić information content (AvgIpc) is 2.57. The summed E-state index contributed by atoms with van der Waals surface area (Å²) in [4.78, 5) is 12.1. The van der Waals surface area contributed by atoms with Crippen LogP contribution in [0, 0.1) is 12.3 Å². The fourth-order valence-electron chi connectivity index (χ4n) is 3.79. The minimum absolute atomic E-state index is 0.386. The zero-order valence-corrected chi connectivity index (χ0v) is 17.4. The molecule has 0 heterocycles. The molecule has 0 aliphatic heterocycles. The predicted octanol–water partition coefficient (Wildman–Crippen LogP) is 5.43. The zero-order chi connectivity index (χ0) is 19.0. The van der Waals surface area contributed by atoms with Crippen LogP contribution >= 0.6 is 0 Å². The van der Waals surface area contributed by atoms with E-state index >= 15 is 0 Å². The minimum Gasteiger partial charge on any atom is -0.445 e. The first-order valence-electron chi connectivity index (χ1n) is 9.11. The molecule has 0 aromatic heterocycles. The summed E-state index contributed by atoms with van der Waals surface area (Å²) in [5, 5.41) is 0. The van der Waals surface area contributed by atoms with Crippen LogP contribution in [0.1, 0.15) is 58.3 Å². The van der Waals surface area contributed by atoms with E-state index in [4.69, 9.17) is 15.6 Å². The van der Waals surface area contributed by atoms with Crippen molar-refractivity contribution in [2.24, 2.45) is 0 Å². The summed E-state index contributed by atoms with van der Waals surface area (Å²) < 4.78 is 11.9. The normalized spacial score (nSPS) is 13.1. The van der Waals surface area contributed by atoms with E-state index in [2.05, 4.69) is 47.5 Å². The fourth-order valence-corrected chi connectivity index (χ4v) is 9.26. The molecule has 1 aromatic rings. The van der Waals surface area contributed by atoms with Gasteiger partial charge in [-0.1, -0.05) is 65.7 Å². The van der Waals surface area contributed by atoms with Crippen LogP contribution < -0.4 is 0 Å². The molecule has 25 heavy (non-hydrogen) atoms. The summed E-state index contributed by atoms with van der Waals surface area (Å²) in [7, 11) is -1.92. The highest BCUT2D eigenvalue weighted by Gasteiger charge is 2.44. The number of hydrogen-bond donors (Lipinski definition) is 0. The van der Waals surface area contributed by atoms with Crippen LogP contribution in [0.3, 0.4) is 0 Å². The van der Waals surface area contributed by atoms with Crippen LogP contribution in [0.5, 0.6) is 0 Å². The number of rotatable bonds is 9. The molecule has 138 valence electrons. The Labute approximate surface area is 154 Å². The predicted molar refractivity (Wildman–Crippen MR) is 106 cm³/mol. The van der Waals surface area contributed by atoms with Gasteiger partial charge in [0.1, 0.15) is 0 Å². The Morgan fingerprint density at radius 1 is 1.04 bits per heavy atom. The van der Waals surface area contributed by atoms with Gasteiger partial charge in [-0.25, -0.2) is 4.79 Å². The summed E-state index contributed by atoms with van der Waals surface area (Å²) in [6, 6.07) is 8.91. The number of carbonyl (C=O) groups is 1. The Kier molecular flexibility index (Phi) is 8.41. The second-order valence-electron chi connectivity index (χ2n) is 7.38.